The molecule has 14 heavy (non-hydrogen) atoms. The van der Waals surface area contributed by atoms with Gasteiger partial charge in [0.15, 0.2) is 0 Å². The third-order valence-electron chi connectivity index (χ3n) is 2.94. The average molecular weight is 200 g/mol. The summed E-state index contributed by atoms with van der Waals surface area (Å²) in [4.78, 5) is 11.5. The molecular weight excluding hydrogens is 180 g/mol. The predicted octanol–water partition coefficient (Wildman–Crippen LogP) is 0.145. The van der Waals surface area contributed by atoms with E-state index in [1.807, 2.05) is 6.92 Å². The number of hydrogen-bond donors (Lipinski definition) is 3. The van der Waals surface area contributed by atoms with Gasteiger partial charge in [-0.1, -0.05) is 6.92 Å². The zero-order valence-corrected chi connectivity index (χ0v) is 8.75. The standard InChI is InChI=1S/C10H20N2O2/c1-2-8(7-13)12-9(14)6-10(11)4-3-5-10/h8,13H,2-7,11H2,1H3,(H,12,14). The highest BCUT2D eigenvalue weighted by Gasteiger charge is 2.34. The largest absolute Gasteiger partial charge is 0.394 e. The Bertz CT molecular complexity index is 198. The first-order chi connectivity index (χ1) is 6.59. The van der Waals surface area contributed by atoms with Crippen molar-refractivity contribution in [1.29, 1.82) is 0 Å². The molecule has 1 aliphatic carbocycles. The van der Waals surface area contributed by atoms with Crippen molar-refractivity contribution in [2.45, 2.75) is 50.6 Å². The van der Waals surface area contributed by atoms with Crippen molar-refractivity contribution in [2.75, 3.05) is 6.61 Å². The van der Waals surface area contributed by atoms with Gasteiger partial charge in [0.25, 0.3) is 0 Å². The lowest BCUT2D eigenvalue weighted by molar-refractivity contribution is -0.124. The van der Waals surface area contributed by atoms with E-state index in [1.165, 1.54) is 0 Å². The van der Waals surface area contributed by atoms with E-state index in [-0.39, 0.29) is 24.1 Å². The molecule has 0 aliphatic heterocycles. The highest BCUT2D eigenvalue weighted by molar-refractivity contribution is 5.77. The van der Waals surface area contributed by atoms with Gasteiger partial charge in [0.1, 0.15) is 0 Å². The van der Waals surface area contributed by atoms with E-state index >= 15 is 0 Å². The van der Waals surface area contributed by atoms with Crippen LogP contribution in [0.1, 0.15) is 39.0 Å². The summed E-state index contributed by atoms with van der Waals surface area (Å²) in [5.41, 5.74) is 5.67. The summed E-state index contributed by atoms with van der Waals surface area (Å²) < 4.78 is 0. The van der Waals surface area contributed by atoms with Crippen LogP contribution in [0.3, 0.4) is 0 Å². The SMILES string of the molecule is CCC(CO)NC(=O)CC1(N)CCC1. The van der Waals surface area contributed by atoms with Gasteiger partial charge in [-0.25, -0.2) is 0 Å². The van der Waals surface area contributed by atoms with E-state index in [2.05, 4.69) is 5.32 Å². The summed E-state index contributed by atoms with van der Waals surface area (Å²) in [7, 11) is 0. The van der Waals surface area contributed by atoms with Gasteiger partial charge in [-0.2, -0.15) is 0 Å². The molecule has 0 heterocycles. The molecule has 1 saturated carbocycles. The molecule has 0 aromatic rings. The van der Waals surface area contributed by atoms with E-state index < -0.39 is 0 Å². The fourth-order valence-electron chi connectivity index (χ4n) is 1.68. The smallest absolute Gasteiger partial charge is 0.222 e. The molecule has 0 aromatic heterocycles. The van der Waals surface area contributed by atoms with Crippen LogP contribution in [0.15, 0.2) is 0 Å². The molecule has 4 heteroatoms. The molecule has 82 valence electrons. The van der Waals surface area contributed by atoms with Crippen molar-refractivity contribution in [3.05, 3.63) is 0 Å². The first-order valence-electron chi connectivity index (χ1n) is 5.29. The minimum atomic E-state index is -0.266. The van der Waals surface area contributed by atoms with Crippen LogP contribution < -0.4 is 11.1 Å². The number of nitrogens with one attached hydrogen (secondary N) is 1. The second-order valence-corrected chi connectivity index (χ2v) is 4.25. The summed E-state index contributed by atoms with van der Waals surface area (Å²) in [6, 6.07) is -0.119. The fraction of sp³-hybridized carbons (Fsp3) is 0.900. The molecule has 1 aliphatic rings. The molecule has 1 fully saturated rings. The molecule has 4 nitrogen and oxygen atoms in total. The van der Waals surface area contributed by atoms with Crippen LogP contribution in [0.4, 0.5) is 0 Å². The fourth-order valence-corrected chi connectivity index (χ4v) is 1.68. The van der Waals surface area contributed by atoms with Gasteiger partial charge >= 0.3 is 0 Å². The normalized spacial score (nSPS) is 21.1. The molecule has 1 rings (SSSR count). The molecule has 0 spiro atoms. The number of aliphatic hydroxyl groups is 1. The molecule has 0 radical (unpaired) electrons. The molecule has 1 amide bonds. The number of amides is 1. The van der Waals surface area contributed by atoms with Crippen LogP contribution >= 0.6 is 0 Å². The summed E-state index contributed by atoms with van der Waals surface area (Å²) in [5, 5.41) is 11.7. The zero-order valence-electron chi connectivity index (χ0n) is 8.75. The molecule has 1 unspecified atom stereocenters. The molecule has 0 saturated heterocycles. The van der Waals surface area contributed by atoms with Crippen LogP contribution in [0, 0.1) is 0 Å². The van der Waals surface area contributed by atoms with Crippen molar-refractivity contribution in [1.82, 2.24) is 5.32 Å². The Morgan fingerprint density at radius 1 is 1.64 bits per heavy atom. The van der Waals surface area contributed by atoms with E-state index in [9.17, 15) is 4.79 Å². The quantitative estimate of drug-likeness (QED) is 0.591. The zero-order chi connectivity index (χ0) is 10.6. The molecule has 4 N–H and O–H groups in total. The Hall–Kier alpha value is -0.610. The average Bonchev–Trinajstić information content (AvgIpc) is 2.11. The Kier molecular flexibility index (Phi) is 3.89. The predicted molar refractivity (Wildman–Crippen MR) is 54.7 cm³/mol. The maximum absolute atomic E-state index is 11.5. The van der Waals surface area contributed by atoms with Gasteiger partial charge in [0.2, 0.25) is 5.91 Å². The van der Waals surface area contributed by atoms with Crippen LogP contribution in [0.5, 0.6) is 0 Å². The van der Waals surface area contributed by atoms with Gasteiger partial charge in [-0.15, -0.1) is 0 Å². The lowest BCUT2D eigenvalue weighted by Gasteiger charge is -2.37. The van der Waals surface area contributed by atoms with Gasteiger partial charge in [0.05, 0.1) is 12.6 Å². The number of rotatable bonds is 5. The number of carbonyl (C=O) groups excluding carboxylic acids is 1. The highest BCUT2D eigenvalue weighted by atomic mass is 16.3. The van der Waals surface area contributed by atoms with Crippen LogP contribution in [0.25, 0.3) is 0 Å². The number of nitrogens with two attached hydrogens (primary N) is 1. The minimum Gasteiger partial charge on any atom is -0.394 e. The third kappa shape index (κ3) is 2.96. The highest BCUT2D eigenvalue weighted by Crippen LogP contribution is 2.31. The van der Waals surface area contributed by atoms with E-state index in [4.69, 9.17) is 10.8 Å². The maximum Gasteiger partial charge on any atom is 0.222 e. The van der Waals surface area contributed by atoms with Gasteiger partial charge < -0.3 is 16.2 Å². The number of hydrogen-bond acceptors (Lipinski definition) is 3. The maximum atomic E-state index is 11.5. The Morgan fingerprint density at radius 3 is 2.64 bits per heavy atom. The Morgan fingerprint density at radius 2 is 2.29 bits per heavy atom. The summed E-state index contributed by atoms with van der Waals surface area (Å²) in [5.74, 6) is -0.0342. The summed E-state index contributed by atoms with van der Waals surface area (Å²) in [6.45, 7) is 1.93. The first-order valence-corrected chi connectivity index (χ1v) is 5.29. The van der Waals surface area contributed by atoms with Crippen molar-refractivity contribution >= 4 is 5.91 Å². The van der Waals surface area contributed by atoms with Crippen LogP contribution in [-0.2, 0) is 4.79 Å². The van der Waals surface area contributed by atoms with Crippen molar-refractivity contribution in [3.8, 4) is 0 Å². The molecule has 0 bridgehead atoms. The number of aliphatic hydroxyl groups excluding tert-OH is 1. The topological polar surface area (TPSA) is 75.3 Å². The van der Waals surface area contributed by atoms with E-state index in [0.717, 1.165) is 25.7 Å². The Labute approximate surface area is 84.9 Å². The molecular formula is C10H20N2O2. The lowest BCUT2D eigenvalue weighted by atomic mass is 9.75. The van der Waals surface area contributed by atoms with E-state index in [0.29, 0.717) is 6.42 Å². The summed E-state index contributed by atoms with van der Waals surface area (Å²) in [6.07, 6.45) is 4.15. The van der Waals surface area contributed by atoms with E-state index in [1.54, 1.807) is 0 Å². The second kappa shape index (κ2) is 4.75. The van der Waals surface area contributed by atoms with Crippen LogP contribution in [-0.4, -0.2) is 29.2 Å². The minimum absolute atomic E-state index is 0.000187. The third-order valence-corrected chi connectivity index (χ3v) is 2.94. The second-order valence-electron chi connectivity index (χ2n) is 4.25. The summed E-state index contributed by atoms with van der Waals surface area (Å²) >= 11 is 0. The van der Waals surface area contributed by atoms with Crippen molar-refractivity contribution in [2.24, 2.45) is 5.73 Å². The van der Waals surface area contributed by atoms with Crippen molar-refractivity contribution < 1.29 is 9.90 Å². The van der Waals surface area contributed by atoms with Crippen molar-refractivity contribution in [3.63, 3.8) is 0 Å². The van der Waals surface area contributed by atoms with Gasteiger partial charge in [-0.05, 0) is 25.7 Å². The molecule has 0 aromatic carbocycles. The van der Waals surface area contributed by atoms with Crippen LogP contribution in [0.2, 0.25) is 0 Å². The monoisotopic (exact) mass is 200 g/mol. The Balaban J connectivity index is 2.27. The van der Waals surface area contributed by atoms with Gasteiger partial charge in [0, 0.05) is 12.0 Å². The van der Waals surface area contributed by atoms with Gasteiger partial charge in [-0.3, -0.25) is 4.79 Å². The molecule has 1 atom stereocenters. The number of carbonyl (C=O) groups is 1. The lowest BCUT2D eigenvalue weighted by Crippen LogP contribution is -2.51. The first kappa shape index (κ1) is 11.5.